The minimum atomic E-state index is -0.687. The first-order valence-electron chi connectivity index (χ1n) is 7.40. The Hall–Kier alpha value is -2.73. The van der Waals surface area contributed by atoms with Crippen LogP contribution >= 0.6 is 11.6 Å². The van der Waals surface area contributed by atoms with Gasteiger partial charge in [0, 0.05) is 10.7 Å². The maximum absolute atomic E-state index is 12.2. The van der Waals surface area contributed by atoms with Gasteiger partial charge in [-0.25, -0.2) is 4.79 Å². The molecule has 0 saturated carbocycles. The molecule has 0 spiro atoms. The standard InChI is InChI=1S/C18H18ClNO5/c1-11-7-8-12(9-14(11)19)20-16(21)10-25-18(22)13-5-4-6-15(23-2)17(13)24-3/h4-9H,10H2,1-3H3,(H,20,21). The third-order valence-corrected chi connectivity index (χ3v) is 3.82. The highest BCUT2D eigenvalue weighted by Gasteiger charge is 2.18. The van der Waals surface area contributed by atoms with Gasteiger partial charge in [-0.1, -0.05) is 23.7 Å². The molecule has 0 radical (unpaired) electrons. The van der Waals surface area contributed by atoms with Crippen LogP contribution in [-0.4, -0.2) is 32.7 Å². The Morgan fingerprint density at radius 2 is 1.88 bits per heavy atom. The Morgan fingerprint density at radius 1 is 1.12 bits per heavy atom. The van der Waals surface area contributed by atoms with E-state index in [9.17, 15) is 9.59 Å². The van der Waals surface area contributed by atoms with E-state index in [1.54, 1.807) is 30.3 Å². The van der Waals surface area contributed by atoms with Crippen LogP contribution in [0.4, 0.5) is 5.69 Å². The van der Waals surface area contributed by atoms with Crippen LogP contribution in [0.1, 0.15) is 15.9 Å². The second-order valence-corrected chi connectivity index (χ2v) is 5.54. The van der Waals surface area contributed by atoms with Gasteiger partial charge in [0.25, 0.3) is 5.91 Å². The van der Waals surface area contributed by atoms with Crippen molar-refractivity contribution >= 4 is 29.2 Å². The molecule has 0 aliphatic heterocycles. The predicted molar refractivity (Wildman–Crippen MR) is 94.6 cm³/mol. The lowest BCUT2D eigenvalue weighted by Crippen LogP contribution is -2.21. The van der Waals surface area contributed by atoms with Crippen molar-refractivity contribution in [2.45, 2.75) is 6.92 Å². The molecular formula is C18H18ClNO5. The first-order chi connectivity index (χ1) is 12.0. The van der Waals surface area contributed by atoms with E-state index in [0.717, 1.165) is 5.56 Å². The van der Waals surface area contributed by atoms with Crippen molar-refractivity contribution in [3.8, 4) is 11.5 Å². The summed E-state index contributed by atoms with van der Waals surface area (Å²) in [5.41, 5.74) is 1.60. The number of amides is 1. The van der Waals surface area contributed by atoms with Crippen molar-refractivity contribution in [2.75, 3.05) is 26.1 Å². The molecule has 0 atom stereocenters. The summed E-state index contributed by atoms with van der Waals surface area (Å²) in [4.78, 5) is 24.1. The normalized spacial score (nSPS) is 10.1. The number of anilines is 1. The molecule has 7 heteroatoms. The maximum Gasteiger partial charge on any atom is 0.342 e. The van der Waals surface area contributed by atoms with E-state index >= 15 is 0 Å². The van der Waals surface area contributed by atoms with Gasteiger partial charge in [0.05, 0.1) is 14.2 Å². The minimum Gasteiger partial charge on any atom is -0.493 e. The van der Waals surface area contributed by atoms with Crippen LogP contribution < -0.4 is 14.8 Å². The molecule has 132 valence electrons. The van der Waals surface area contributed by atoms with Gasteiger partial charge in [0.2, 0.25) is 0 Å². The zero-order chi connectivity index (χ0) is 18.4. The number of halogens is 1. The summed E-state index contributed by atoms with van der Waals surface area (Å²) in [7, 11) is 2.88. The van der Waals surface area contributed by atoms with E-state index in [-0.39, 0.29) is 11.3 Å². The molecule has 25 heavy (non-hydrogen) atoms. The van der Waals surface area contributed by atoms with Crippen molar-refractivity contribution < 1.29 is 23.8 Å². The Balaban J connectivity index is 2.00. The van der Waals surface area contributed by atoms with Crippen molar-refractivity contribution in [3.05, 3.63) is 52.5 Å². The fraction of sp³-hybridized carbons (Fsp3) is 0.222. The third kappa shape index (κ3) is 4.64. The van der Waals surface area contributed by atoms with Crippen molar-refractivity contribution in [1.29, 1.82) is 0 Å². The number of aryl methyl sites for hydroxylation is 1. The van der Waals surface area contributed by atoms with Crippen LogP contribution in [0.3, 0.4) is 0 Å². The second-order valence-electron chi connectivity index (χ2n) is 5.13. The number of para-hydroxylation sites is 1. The first kappa shape index (κ1) is 18.6. The zero-order valence-electron chi connectivity index (χ0n) is 14.1. The number of hydrogen-bond acceptors (Lipinski definition) is 5. The number of carbonyl (C=O) groups excluding carboxylic acids is 2. The lowest BCUT2D eigenvalue weighted by atomic mass is 10.2. The van der Waals surface area contributed by atoms with Gasteiger partial charge in [0.1, 0.15) is 5.56 Å². The zero-order valence-corrected chi connectivity index (χ0v) is 14.8. The molecule has 0 fully saturated rings. The molecule has 0 aliphatic carbocycles. The summed E-state index contributed by atoms with van der Waals surface area (Å²) in [6.07, 6.45) is 0. The highest BCUT2D eigenvalue weighted by Crippen LogP contribution is 2.31. The van der Waals surface area contributed by atoms with Crippen LogP contribution in [0.25, 0.3) is 0 Å². The van der Waals surface area contributed by atoms with Gasteiger partial charge in [-0.15, -0.1) is 0 Å². The van der Waals surface area contributed by atoms with Gasteiger partial charge in [-0.05, 0) is 36.8 Å². The maximum atomic E-state index is 12.2. The smallest absolute Gasteiger partial charge is 0.342 e. The van der Waals surface area contributed by atoms with Gasteiger partial charge >= 0.3 is 5.97 Å². The average Bonchev–Trinajstić information content (AvgIpc) is 2.61. The molecular weight excluding hydrogens is 346 g/mol. The van der Waals surface area contributed by atoms with Crippen LogP contribution in [0.2, 0.25) is 5.02 Å². The lowest BCUT2D eigenvalue weighted by molar-refractivity contribution is -0.119. The fourth-order valence-electron chi connectivity index (χ4n) is 2.12. The second kappa shape index (κ2) is 8.39. The summed E-state index contributed by atoms with van der Waals surface area (Å²) in [5.74, 6) is -0.514. The molecule has 2 aromatic rings. The highest BCUT2D eigenvalue weighted by molar-refractivity contribution is 6.31. The van der Waals surface area contributed by atoms with Crippen molar-refractivity contribution in [1.82, 2.24) is 0 Å². The molecule has 1 N–H and O–H groups in total. The first-order valence-corrected chi connectivity index (χ1v) is 7.78. The number of esters is 1. The summed E-state index contributed by atoms with van der Waals surface area (Å²) < 4.78 is 15.3. The van der Waals surface area contributed by atoms with E-state index in [4.69, 9.17) is 25.8 Å². The molecule has 6 nitrogen and oxygen atoms in total. The van der Waals surface area contributed by atoms with Crippen molar-refractivity contribution in [3.63, 3.8) is 0 Å². The lowest BCUT2D eigenvalue weighted by Gasteiger charge is -2.12. The molecule has 0 aromatic heterocycles. The SMILES string of the molecule is COc1cccc(C(=O)OCC(=O)Nc2ccc(C)c(Cl)c2)c1OC. The summed E-state index contributed by atoms with van der Waals surface area (Å²) in [6, 6.07) is 9.94. The Labute approximate surface area is 150 Å². The number of carbonyl (C=O) groups is 2. The molecule has 0 heterocycles. The molecule has 1 amide bonds. The summed E-state index contributed by atoms with van der Waals surface area (Å²) >= 11 is 6.00. The van der Waals surface area contributed by atoms with Gasteiger partial charge in [0.15, 0.2) is 18.1 Å². The highest BCUT2D eigenvalue weighted by atomic mass is 35.5. The van der Waals surface area contributed by atoms with Crippen LogP contribution in [0, 0.1) is 6.92 Å². The Kier molecular flexibility index (Phi) is 6.25. The Morgan fingerprint density at radius 3 is 2.52 bits per heavy atom. The number of nitrogens with one attached hydrogen (secondary N) is 1. The Bertz CT molecular complexity index is 791. The predicted octanol–water partition coefficient (Wildman–Crippen LogP) is 3.46. The van der Waals surface area contributed by atoms with Gasteiger partial charge < -0.3 is 19.5 Å². The summed E-state index contributed by atoms with van der Waals surface area (Å²) in [6.45, 7) is 1.42. The molecule has 0 unspecified atom stereocenters. The number of ether oxygens (including phenoxy) is 3. The molecule has 0 bridgehead atoms. The number of benzene rings is 2. The number of hydrogen-bond donors (Lipinski definition) is 1. The van der Waals surface area contributed by atoms with E-state index in [1.165, 1.54) is 20.3 Å². The fourth-order valence-corrected chi connectivity index (χ4v) is 2.30. The van der Waals surface area contributed by atoms with Gasteiger partial charge in [-0.3, -0.25) is 4.79 Å². The molecule has 0 aliphatic rings. The largest absolute Gasteiger partial charge is 0.493 e. The van der Waals surface area contributed by atoms with Crippen molar-refractivity contribution in [2.24, 2.45) is 0 Å². The van der Waals surface area contributed by atoms with Crippen LogP contribution in [-0.2, 0) is 9.53 Å². The topological polar surface area (TPSA) is 73.9 Å². The number of methoxy groups -OCH3 is 2. The quantitative estimate of drug-likeness (QED) is 0.795. The minimum absolute atomic E-state index is 0.174. The van der Waals surface area contributed by atoms with E-state index < -0.39 is 18.5 Å². The van der Waals surface area contributed by atoms with E-state index in [0.29, 0.717) is 16.5 Å². The number of rotatable bonds is 6. The molecule has 0 saturated heterocycles. The average molecular weight is 364 g/mol. The molecule has 2 rings (SSSR count). The van der Waals surface area contributed by atoms with Crippen LogP contribution in [0.15, 0.2) is 36.4 Å². The monoisotopic (exact) mass is 363 g/mol. The van der Waals surface area contributed by atoms with E-state index in [1.807, 2.05) is 6.92 Å². The summed E-state index contributed by atoms with van der Waals surface area (Å²) in [5, 5.41) is 3.15. The van der Waals surface area contributed by atoms with Crippen LogP contribution in [0.5, 0.6) is 11.5 Å². The molecule has 2 aromatic carbocycles. The van der Waals surface area contributed by atoms with E-state index in [2.05, 4.69) is 5.32 Å². The third-order valence-electron chi connectivity index (χ3n) is 3.41. The van der Waals surface area contributed by atoms with Gasteiger partial charge in [-0.2, -0.15) is 0 Å².